The minimum absolute atomic E-state index is 0.0723. The molecule has 0 radical (unpaired) electrons. The maximum Gasteiger partial charge on any atom is 0.253 e. The quantitative estimate of drug-likeness (QED) is 0.429. The van der Waals surface area contributed by atoms with Gasteiger partial charge in [0.25, 0.3) is 11.8 Å². The summed E-state index contributed by atoms with van der Waals surface area (Å²) in [4.78, 5) is 25.4. The van der Waals surface area contributed by atoms with Crippen LogP contribution < -0.4 is 10.6 Å². The third-order valence-corrected chi connectivity index (χ3v) is 8.75. The van der Waals surface area contributed by atoms with Crippen molar-refractivity contribution in [3.8, 4) is 0 Å². The van der Waals surface area contributed by atoms with Gasteiger partial charge in [0.05, 0.1) is 21.2 Å². The maximum atomic E-state index is 12.7. The molecule has 6 heteroatoms. The van der Waals surface area contributed by atoms with E-state index in [1.807, 2.05) is 24.3 Å². The van der Waals surface area contributed by atoms with Crippen LogP contribution in [0.4, 0.5) is 0 Å². The lowest BCUT2D eigenvalue weighted by molar-refractivity contribution is 0.0869. The summed E-state index contributed by atoms with van der Waals surface area (Å²) in [7, 11) is 0. The second kappa shape index (κ2) is 11.8. The van der Waals surface area contributed by atoms with Crippen LogP contribution in [0.1, 0.15) is 79.5 Å². The van der Waals surface area contributed by atoms with E-state index >= 15 is 0 Å². The molecule has 2 N–H and O–H groups in total. The number of hydrogen-bond acceptors (Lipinski definition) is 2. The predicted octanol–water partition coefficient (Wildman–Crippen LogP) is 7.15. The Morgan fingerprint density at radius 1 is 0.714 bits per heavy atom. The maximum absolute atomic E-state index is 12.7. The Morgan fingerprint density at radius 3 is 1.49 bits per heavy atom. The van der Waals surface area contributed by atoms with E-state index in [0.29, 0.717) is 44.8 Å². The van der Waals surface area contributed by atoms with Crippen LogP contribution in [-0.4, -0.2) is 23.9 Å². The third kappa shape index (κ3) is 6.59. The van der Waals surface area contributed by atoms with Gasteiger partial charge in [0.2, 0.25) is 0 Å². The lowest BCUT2D eigenvalue weighted by Crippen LogP contribution is -2.44. The molecule has 2 amide bonds. The molecule has 188 valence electrons. The van der Waals surface area contributed by atoms with E-state index < -0.39 is 0 Å². The number of benzene rings is 2. The van der Waals surface area contributed by atoms with Gasteiger partial charge in [-0.3, -0.25) is 9.59 Å². The third-order valence-electron chi connectivity index (χ3n) is 8.09. The summed E-state index contributed by atoms with van der Waals surface area (Å²) < 4.78 is 0. The molecule has 2 saturated carbocycles. The first-order valence-electron chi connectivity index (χ1n) is 12.9. The van der Waals surface area contributed by atoms with Crippen molar-refractivity contribution in [1.82, 2.24) is 10.6 Å². The molecule has 4 rings (SSSR count). The van der Waals surface area contributed by atoms with E-state index in [1.165, 1.54) is 6.42 Å². The largest absolute Gasteiger partial charge is 0.349 e. The number of carbonyl (C=O) groups is 2. The normalized spacial score (nSPS) is 28.8. The van der Waals surface area contributed by atoms with Crippen molar-refractivity contribution >= 4 is 35.0 Å². The summed E-state index contributed by atoms with van der Waals surface area (Å²) in [6.45, 7) is 4.51. The highest BCUT2D eigenvalue weighted by atomic mass is 35.5. The SMILES string of the molecule is C[C@@H]1C[C@H](C[C@@H]2CC[C@H](NC(=O)c3ccccc3Cl)[C@H](C)C2)CC[C@@H]1NC(=O)c1ccccc1Cl. The standard InChI is InChI=1S/C29H36Cl2N2O2/c1-18-15-20(11-13-26(18)32-28(34)22-7-3-5-9-24(22)30)17-21-12-14-27(19(2)16-21)33-29(35)23-8-4-6-10-25(23)31/h3-10,18-21,26-27H,11-17H2,1-2H3,(H,32,34)(H,33,35)/t18-,19-,20-,21-,26+,27+/m1/s1. The van der Waals surface area contributed by atoms with Crippen LogP contribution in [0.5, 0.6) is 0 Å². The van der Waals surface area contributed by atoms with Crippen molar-refractivity contribution in [3.63, 3.8) is 0 Å². The van der Waals surface area contributed by atoms with Gasteiger partial charge in [0.1, 0.15) is 0 Å². The Kier molecular flexibility index (Phi) is 8.77. The molecule has 2 aliphatic rings. The number of nitrogens with one attached hydrogen (secondary N) is 2. The summed E-state index contributed by atoms with van der Waals surface area (Å²) >= 11 is 12.4. The van der Waals surface area contributed by atoms with Crippen LogP contribution in [-0.2, 0) is 0 Å². The molecule has 0 aliphatic heterocycles. The fourth-order valence-electron chi connectivity index (χ4n) is 6.13. The van der Waals surface area contributed by atoms with Crippen molar-refractivity contribution in [2.75, 3.05) is 0 Å². The minimum Gasteiger partial charge on any atom is -0.349 e. The van der Waals surface area contributed by atoms with Gasteiger partial charge in [-0.05, 0) is 92.9 Å². The molecule has 0 unspecified atom stereocenters. The molecule has 0 saturated heterocycles. The molecule has 0 aromatic heterocycles. The van der Waals surface area contributed by atoms with Crippen molar-refractivity contribution in [2.24, 2.45) is 23.7 Å². The first-order chi connectivity index (χ1) is 16.8. The predicted molar refractivity (Wildman–Crippen MR) is 143 cm³/mol. The highest BCUT2D eigenvalue weighted by Crippen LogP contribution is 2.39. The fraction of sp³-hybridized carbons (Fsp3) is 0.517. The highest BCUT2D eigenvalue weighted by Gasteiger charge is 2.34. The van der Waals surface area contributed by atoms with Crippen molar-refractivity contribution in [2.45, 2.75) is 70.9 Å². The molecular formula is C29H36Cl2N2O2. The molecule has 0 heterocycles. The lowest BCUT2D eigenvalue weighted by atomic mass is 9.70. The van der Waals surface area contributed by atoms with Gasteiger partial charge in [0.15, 0.2) is 0 Å². The smallest absolute Gasteiger partial charge is 0.253 e. The van der Waals surface area contributed by atoms with Crippen molar-refractivity contribution < 1.29 is 9.59 Å². The monoisotopic (exact) mass is 514 g/mol. The number of amides is 2. The zero-order valence-electron chi connectivity index (χ0n) is 20.6. The average molecular weight is 516 g/mol. The van der Waals surface area contributed by atoms with E-state index in [-0.39, 0.29) is 23.9 Å². The Morgan fingerprint density at radius 2 is 1.11 bits per heavy atom. The molecule has 2 fully saturated rings. The number of halogens is 2. The highest BCUT2D eigenvalue weighted by molar-refractivity contribution is 6.34. The van der Waals surface area contributed by atoms with E-state index in [4.69, 9.17) is 23.2 Å². The van der Waals surface area contributed by atoms with Crippen molar-refractivity contribution in [1.29, 1.82) is 0 Å². The Balaban J connectivity index is 1.23. The summed E-state index contributed by atoms with van der Waals surface area (Å²) in [5.74, 6) is 2.15. The zero-order chi connectivity index (χ0) is 24.9. The second-order valence-electron chi connectivity index (χ2n) is 10.7. The molecule has 6 atom stereocenters. The van der Waals surface area contributed by atoms with Crippen LogP contribution >= 0.6 is 23.2 Å². The number of hydrogen-bond donors (Lipinski definition) is 2. The van der Waals surface area contributed by atoms with Crippen LogP contribution in [0.25, 0.3) is 0 Å². The summed E-state index contributed by atoms with van der Waals surface area (Å²) in [6.07, 6.45) is 7.85. The van der Waals surface area contributed by atoms with Gasteiger partial charge in [-0.15, -0.1) is 0 Å². The zero-order valence-corrected chi connectivity index (χ0v) is 22.1. The molecule has 4 nitrogen and oxygen atoms in total. The van der Waals surface area contributed by atoms with Gasteiger partial charge in [-0.25, -0.2) is 0 Å². The van der Waals surface area contributed by atoms with Gasteiger partial charge in [0, 0.05) is 12.1 Å². The summed E-state index contributed by atoms with van der Waals surface area (Å²) in [5.41, 5.74) is 1.10. The van der Waals surface area contributed by atoms with E-state index in [0.717, 1.165) is 38.5 Å². The first kappa shape index (κ1) is 26.0. The van der Waals surface area contributed by atoms with Gasteiger partial charge in [-0.1, -0.05) is 61.3 Å². The second-order valence-corrected chi connectivity index (χ2v) is 11.5. The van der Waals surface area contributed by atoms with Crippen LogP contribution in [0.3, 0.4) is 0 Å². The molecular weight excluding hydrogens is 479 g/mol. The lowest BCUT2D eigenvalue weighted by Gasteiger charge is -2.39. The summed E-state index contributed by atoms with van der Waals surface area (Å²) in [6, 6.07) is 14.9. The average Bonchev–Trinajstić information content (AvgIpc) is 2.83. The number of carbonyl (C=O) groups excluding carboxylic acids is 2. The topological polar surface area (TPSA) is 58.2 Å². The van der Waals surface area contributed by atoms with Gasteiger partial charge >= 0.3 is 0 Å². The Labute approximate surface area is 219 Å². The van der Waals surface area contributed by atoms with E-state index in [2.05, 4.69) is 24.5 Å². The first-order valence-corrected chi connectivity index (χ1v) is 13.7. The molecule has 0 bridgehead atoms. The van der Waals surface area contributed by atoms with E-state index in [9.17, 15) is 9.59 Å². The molecule has 2 aliphatic carbocycles. The van der Waals surface area contributed by atoms with Crippen LogP contribution in [0, 0.1) is 23.7 Å². The minimum atomic E-state index is -0.0723. The van der Waals surface area contributed by atoms with E-state index in [1.54, 1.807) is 24.3 Å². The Hall–Kier alpha value is -2.04. The summed E-state index contributed by atoms with van der Waals surface area (Å²) in [5, 5.41) is 7.45. The molecule has 2 aromatic carbocycles. The van der Waals surface area contributed by atoms with Gasteiger partial charge in [-0.2, -0.15) is 0 Å². The Bertz CT molecular complexity index is 961. The fourth-order valence-corrected chi connectivity index (χ4v) is 6.57. The molecule has 2 aromatic rings. The number of rotatable bonds is 6. The molecule has 35 heavy (non-hydrogen) atoms. The molecule has 0 spiro atoms. The van der Waals surface area contributed by atoms with Crippen LogP contribution in [0.15, 0.2) is 48.5 Å². The van der Waals surface area contributed by atoms with Gasteiger partial charge < -0.3 is 10.6 Å². The van der Waals surface area contributed by atoms with Crippen molar-refractivity contribution in [3.05, 3.63) is 69.7 Å². The van der Waals surface area contributed by atoms with Crippen LogP contribution in [0.2, 0.25) is 10.0 Å².